The first-order valence-electron chi connectivity index (χ1n) is 14.2. The topological polar surface area (TPSA) is 116 Å². The summed E-state index contributed by atoms with van der Waals surface area (Å²) < 4.78 is 0. The van der Waals surface area contributed by atoms with Gasteiger partial charge in [0, 0.05) is 61.9 Å². The van der Waals surface area contributed by atoms with Crippen LogP contribution in [0.3, 0.4) is 0 Å². The van der Waals surface area contributed by atoms with Gasteiger partial charge >= 0.3 is 0 Å². The fourth-order valence-corrected chi connectivity index (χ4v) is 6.75. The second kappa shape index (κ2) is 13.0. The molecule has 1 fully saturated rings. The zero-order valence-electron chi connectivity index (χ0n) is 24.0. The van der Waals surface area contributed by atoms with E-state index in [0.29, 0.717) is 24.3 Å². The molecule has 220 valence electrons. The minimum Gasteiger partial charge on any atom is -0.350 e. The molecule has 2 aliphatic heterocycles. The highest BCUT2D eigenvalue weighted by Crippen LogP contribution is 2.27. The maximum Gasteiger partial charge on any atom is 0.254 e. The van der Waals surface area contributed by atoms with Gasteiger partial charge in [0.15, 0.2) is 0 Å². The van der Waals surface area contributed by atoms with Gasteiger partial charge in [-0.05, 0) is 53.4 Å². The van der Waals surface area contributed by atoms with Gasteiger partial charge in [-0.25, -0.2) is 0 Å². The van der Waals surface area contributed by atoms with Crippen LogP contribution in [-0.2, 0) is 20.9 Å². The molecular formula is C32H37N5O4S. The van der Waals surface area contributed by atoms with Crippen molar-refractivity contribution in [2.24, 2.45) is 5.73 Å². The number of nitrogens with one attached hydrogen (secondary N) is 1. The van der Waals surface area contributed by atoms with Crippen LogP contribution in [0.2, 0.25) is 0 Å². The molecule has 1 saturated heterocycles. The standard InChI is InChI=1S/C32H37N5O4S/c1-35-19-30(39)37-18-25(33)16-26(37)20-42-27-9-5-8-24(15-27)32(41)36(2)28(12-13-29(35)38)31(40)34-17-21-10-11-22-6-3-4-7-23(22)14-21/h3-11,14-15,25-26,28H,12-13,16-20,33H2,1-2H3,(H,34,40). The molecule has 42 heavy (non-hydrogen) atoms. The highest BCUT2D eigenvalue weighted by molar-refractivity contribution is 7.99. The van der Waals surface area contributed by atoms with Crippen molar-refractivity contribution in [1.82, 2.24) is 20.0 Å². The summed E-state index contributed by atoms with van der Waals surface area (Å²) in [5.74, 6) is -0.408. The van der Waals surface area contributed by atoms with Gasteiger partial charge in [-0.3, -0.25) is 19.2 Å². The van der Waals surface area contributed by atoms with Gasteiger partial charge in [0.25, 0.3) is 5.91 Å². The second-order valence-electron chi connectivity index (χ2n) is 11.2. The van der Waals surface area contributed by atoms with Crippen LogP contribution in [0.1, 0.15) is 35.2 Å². The molecular weight excluding hydrogens is 550 g/mol. The number of hydrogen-bond acceptors (Lipinski definition) is 6. The van der Waals surface area contributed by atoms with Crippen LogP contribution in [0.4, 0.5) is 0 Å². The van der Waals surface area contributed by atoms with Gasteiger partial charge in [0.05, 0.1) is 6.54 Å². The van der Waals surface area contributed by atoms with Gasteiger partial charge in [0.1, 0.15) is 6.04 Å². The van der Waals surface area contributed by atoms with Gasteiger partial charge in [-0.15, -0.1) is 11.8 Å². The van der Waals surface area contributed by atoms with E-state index in [2.05, 4.69) is 5.32 Å². The number of thioether (sulfide) groups is 1. The van der Waals surface area contributed by atoms with Gasteiger partial charge in [-0.2, -0.15) is 0 Å². The predicted octanol–water partition coefficient (Wildman–Crippen LogP) is 2.87. The Morgan fingerprint density at radius 2 is 1.76 bits per heavy atom. The third kappa shape index (κ3) is 6.77. The third-order valence-corrected chi connectivity index (χ3v) is 9.23. The number of rotatable bonds is 3. The van der Waals surface area contributed by atoms with Crippen molar-refractivity contribution in [2.45, 2.75) is 48.8 Å². The average molecular weight is 588 g/mol. The van der Waals surface area contributed by atoms with E-state index >= 15 is 0 Å². The Bertz CT molecular complexity index is 1500. The average Bonchev–Trinajstić information content (AvgIpc) is 3.38. The fraction of sp³-hybridized carbons (Fsp3) is 0.375. The number of carbonyl (C=O) groups is 4. The second-order valence-corrected chi connectivity index (χ2v) is 12.2. The number of nitrogens with zero attached hydrogens (tertiary/aromatic N) is 3. The summed E-state index contributed by atoms with van der Waals surface area (Å²) >= 11 is 1.56. The number of benzene rings is 3. The summed E-state index contributed by atoms with van der Waals surface area (Å²) in [7, 11) is 3.19. The highest BCUT2D eigenvalue weighted by Gasteiger charge is 2.35. The number of likely N-dealkylation sites (N-methyl/N-ethyl adjacent to an activating group) is 2. The Labute approximate surface area is 250 Å². The molecule has 2 heterocycles. The van der Waals surface area contributed by atoms with Crippen molar-refractivity contribution in [2.75, 3.05) is 32.9 Å². The molecule has 3 atom stereocenters. The number of hydrogen-bond donors (Lipinski definition) is 2. The molecule has 5 rings (SSSR count). The van der Waals surface area contributed by atoms with E-state index in [9.17, 15) is 19.2 Å². The van der Waals surface area contributed by atoms with Crippen molar-refractivity contribution in [3.05, 3.63) is 77.9 Å². The van der Waals surface area contributed by atoms with E-state index in [1.54, 1.807) is 36.8 Å². The third-order valence-electron chi connectivity index (χ3n) is 8.09. The van der Waals surface area contributed by atoms with Crippen LogP contribution < -0.4 is 11.1 Å². The lowest BCUT2D eigenvalue weighted by Crippen LogP contribution is -2.48. The Kier molecular flexibility index (Phi) is 9.13. The number of carbonyl (C=O) groups excluding carboxylic acids is 4. The zero-order chi connectivity index (χ0) is 29.8. The van der Waals surface area contributed by atoms with E-state index in [1.165, 1.54) is 9.80 Å². The van der Waals surface area contributed by atoms with Crippen LogP contribution in [0.5, 0.6) is 0 Å². The SMILES string of the molecule is CN1CC(=O)N2CC(N)CC2CSc2cccc(c2)C(=O)N(C)C(C(=O)NCc2ccc3ccccc3c2)CCC1=O. The monoisotopic (exact) mass is 587 g/mol. The first kappa shape index (κ1) is 29.6. The van der Waals surface area contributed by atoms with Crippen LogP contribution in [0.25, 0.3) is 10.8 Å². The summed E-state index contributed by atoms with van der Waals surface area (Å²) in [5, 5.41) is 5.16. The molecule has 3 unspecified atom stereocenters. The lowest BCUT2D eigenvalue weighted by atomic mass is 10.1. The number of nitrogens with two attached hydrogens (primary N) is 1. The minimum atomic E-state index is -0.879. The Balaban J connectivity index is 1.37. The molecule has 10 heteroatoms. The molecule has 0 saturated carbocycles. The Morgan fingerprint density at radius 3 is 2.57 bits per heavy atom. The first-order chi connectivity index (χ1) is 20.2. The molecule has 0 radical (unpaired) electrons. The molecule has 3 aromatic carbocycles. The van der Waals surface area contributed by atoms with E-state index < -0.39 is 6.04 Å². The largest absolute Gasteiger partial charge is 0.350 e. The van der Waals surface area contributed by atoms with Crippen LogP contribution in [0, 0.1) is 0 Å². The maximum absolute atomic E-state index is 13.6. The lowest BCUT2D eigenvalue weighted by molar-refractivity contribution is -0.140. The van der Waals surface area contributed by atoms with E-state index in [0.717, 1.165) is 21.2 Å². The Hall–Kier alpha value is -3.89. The molecule has 0 aromatic heterocycles. The van der Waals surface area contributed by atoms with Crippen molar-refractivity contribution in [3.8, 4) is 0 Å². The molecule has 2 aliphatic rings. The van der Waals surface area contributed by atoms with Crippen LogP contribution >= 0.6 is 11.8 Å². The zero-order valence-corrected chi connectivity index (χ0v) is 24.8. The van der Waals surface area contributed by atoms with Crippen molar-refractivity contribution in [1.29, 1.82) is 0 Å². The van der Waals surface area contributed by atoms with Crippen LogP contribution in [0.15, 0.2) is 71.6 Å². The summed E-state index contributed by atoms with van der Waals surface area (Å²) in [6, 6.07) is 20.3. The molecule has 0 spiro atoms. The summed E-state index contributed by atoms with van der Waals surface area (Å²) in [6.07, 6.45) is 0.816. The first-order valence-corrected chi connectivity index (χ1v) is 15.2. The summed E-state index contributed by atoms with van der Waals surface area (Å²) in [5.41, 5.74) is 7.60. The van der Waals surface area contributed by atoms with Gasteiger partial charge < -0.3 is 25.8 Å². The maximum atomic E-state index is 13.6. The molecule has 3 aromatic rings. The molecule has 3 N–H and O–H groups in total. The van der Waals surface area contributed by atoms with Gasteiger partial charge in [-0.1, -0.05) is 42.5 Å². The fourth-order valence-electron chi connectivity index (χ4n) is 5.66. The normalized spacial score (nSPS) is 22.4. The predicted molar refractivity (Wildman–Crippen MR) is 164 cm³/mol. The van der Waals surface area contributed by atoms with Gasteiger partial charge in [0.2, 0.25) is 17.7 Å². The molecule has 2 bridgehead atoms. The molecule has 4 amide bonds. The van der Waals surface area contributed by atoms with E-state index in [-0.39, 0.29) is 61.6 Å². The van der Waals surface area contributed by atoms with Crippen molar-refractivity contribution < 1.29 is 19.2 Å². The highest BCUT2D eigenvalue weighted by atomic mass is 32.2. The molecule has 9 nitrogen and oxygen atoms in total. The van der Waals surface area contributed by atoms with E-state index in [1.807, 2.05) is 60.7 Å². The van der Waals surface area contributed by atoms with Crippen molar-refractivity contribution >= 4 is 46.2 Å². The smallest absolute Gasteiger partial charge is 0.254 e. The number of amides is 4. The summed E-state index contributed by atoms with van der Waals surface area (Å²) in [4.78, 5) is 59.0. The lowest BCUT2D eigenvalue weighted by Gasteiger charge is -2.29. The van der Waals surface area contributed by atoms with Crippen molar-refractivity contribution in [3.63, 3.8) is 0 Å². The Morgan fingerprint density at radius 1 is 0.976 bits per heavy atom. The summed E-state index contributed by atoms with van der Waals surface area (Å²) in [6.45, 7) is 0.681. The molecule has 0 aliphatic carbocycles. The van der Waals surface area contributed by atoms with E-state index in [4.69, 9.17) is 5.73 Å². The number of fused-ring (bicyclic) bond motifs is 4. The van der Waals surface area contributed by atoms with Crippen LogP contribution in [-0.4, -0.2) is 89.4 Å². The quantitative estimate of drug-likeness (QED) is 0.487. The minimum absolute atomic E-state index is 0.00823.